The molecule has 0 fully saturated rings. The van der Waals surface area contributed by atoms with Crippen molar-refractivity contribution in [1.29, 1.82) is 0 Å². The Morgan fingerprint density at radius 2 is 1.87 bits per heavy atom. The Hall–Kier alpha value is -2.76. The molecular formula is C17H15F2NO3. The van der Waals surface area contributed by atoms with Crippen LogP contribution in [0.25, 0.3) is 0 Å². The molecule has 2 rings (SSSR count). The lowest BCUT2D eigenvalue weighted by atomic mass is 10.1. The van der Waals surface area contributed by atoms with Crippen molar-refractivity contribution in [2.24, 2.45) is 0 Å². The first-order valence-electron chi connectivity index (χ1n) is 6.90. The molecule has 0 saturated heterocycles. The fourth-order valence-electron chi connectivity index (χ4n) is 1.87. The quantitative estimate of drug-likeness (QED) is 0.857. The average Bonchev–Trinajstić information content (AvgIpc) is 2.50. The monoisotopic (exact) mass is 319 g/mol. The smallest absolute Gasteiger partial charge is 0.265 e. The highest BCUT2D eigenvalue weighted by molar-refractivity contribution is 5.95. The minimum atomic E-state index is -0.929. The summed E-state index contributed by atoms with van der Waals surface area (Å²) in [6.45, 7) is 2.91. The van der Waals surface area contributed by atoms with Crippen molar-refractivity contribution in [3.05, 3.63) is 59.7 Å². The Labute approximate surface area is 132 Å². The Morgan fingerprint density at radius 3 is 2.52 bits per heavy atom. The van der Waals surface area contributed by atoms with Crippen molar-refractivity contribution in [2.45, 2.75) is 20.0 Å². The molecular weight excluding hydrogens is 304 g/mol. The maximum absolute atomic E-state index is 13.5. The van der Waals surface area contributed by atoms with E-state index in [1.54, 1.807) is 18.2 Å². The number of Topliss-reactive ketones (excluding diaryl/α,β-unsaturated/α-hetero) is 1. The molecule has 0 bridgehead atoms. The van der Waals surface area contributed by atoms with Gasteiger partial charge in [-0.05, 0) is 38.1 Å². The van der Waals surface area contributed by atoms with Crippen molar-refractivity contribution in [3.8, 4) is 5.75 Å². The summed E-state index contributed by atoms with van der Waals surface area (Å²) in [5.74, 6) is -1.97. The van der Waals surface area contributed by atoms with Crippen LogP contribution in [0.15, 0.2) is 42.5 Å². The zero-order valence-electron chi connectivity index (χ0n) is 12.6. The van der Waals surface area contributed by atoms with E-state index in [2.05, 4.69) is 5.32 Å². The van der Waals surface area contributed by atoms with Gasteiger partial charge in [-0.1, -0.05) is 12.1 Å². The molecule has 2 aromatic rings. The van der Waals surface area contributed by atoms with E-state index in [1.165, 1.54) is 19.9 Å². The number of anilines is 1. The molecule has 1 atom stereocenters. The number of halogens is 2. The molecule has 0 aromatic heterocycles. The fourth-order valence-corrected chi connectivity index (χ4v) is 1.87. The molecule has 0 aliphatic carbocycles. The Bertz CT molecular complexity index is 746. The fraction of sp³-hybridized carbons (Fsp3) is 0.176. The van der Waals surface area contributed by atoms with Gasteiger partial charge in [-0.15, -0.1) is 0 Å². The van der Waals surface area contributed by atoms with Crippen LogP contribution in [0.2, 0.25) is 0 Å². The summed E-state index contributed by atoms with van der Waals surface area (Å²) >= 11 is 0. The zero-order chi connectivity index (χ0) is 17.0. The minimum Gasteiger partial charge on any atom is -0.481 e. The molecule has 6 heteroatoms. The van der Waals surface area contributed by atoms with E-state index in [0.29, 0.717) is 17.4 Å². The topological polar surface area (TPSA) is 55.4 Å². The lowest BCUT2D eigenvalue weighted by Crippen LogP contribution is -2.30. The Morgan fingerprint density at radius 1 is 1.13 bits per heavy atom. The molecule has 1 amide bonds. The molecule has 0 radical (unpaired) electrons. The number of benzene rings is 2. The number of amides is 1. The predicted octanol–water partition coefficient (Wildman–Crippen LogP) is 3.57. The molecule has 23 heavy (non-hydrogen) atoms. The van der Waals surface area contributed by atoms with Gasteiger partial charge in [0.2, 0.25) is 0 Å². The van der Waals surface area contributed by atoms with Crippen LogP contribution in [-0.2, 0) is 4.79 Å². The Balaban J connectivity index is 2.05. The lowest BCUT2D eigenvalue weighted by molar-refractivity contribution is -0.122. The van der Waals surface area contributed by atoms with Crippen LogP contribution in [-0.4, -0.2) is 17.8 Å². The van der Waals surface area contributed by atoms with Crippen LogP contribution in [0.5, 0.6) is 5.75 Å². The highest BCUT2D eigenvalue weighted by atomic mass is 19.1. The minimum absolute atomic E-state index is 0.124. The molecule has 2 aromatic carbocycles. The SMILES string of the molecule is CC(=O)c1cccc(O[C@H](C)C(=O)Nc2ccc(F)cc2F)c1. The number of ketones is 1. The standard InChI is InChI=1S/C17H15F2NO3/c1-10(21)12-4-3-5-14(8-12)23-11(2)17(22)20-16-7-6-13(18)9-15(16)19/h3-9,11H,1-2H3,(H,20,22)/t11-/m1/s1. The number of nitrogens with one attached hydrogen (secondary N) is 1. The third-order valence-electron chi connectivity index (χ3n) is 3.11. The van der Waals surface area contributed by atoms with Crippen molar-refractivity contribution in [1.82, 2.24) is 0 Å². The van der Waals surface area contributed by atoms with E-state index < -0.39 is 23.6 Å². The van der Waals surface area contributed by atoms with Crippen LogP contribution >= 0.6 is 0 Å². The third kappa shape index (κ3) is 4.35. The Kier molecular flexibility index (Phi) is 5.05. The third-order valence-corrected chi connectivity index (χ3v) is 3.11. The zero-order valence-corrected chi connectivity index (χ0v) is 12.6. The maximum atomic E-state index is 13.5. The molecule has 120 valence electrons. The first kappa shape index (κ1) is 16.6. The van der Waals surface area contributed by atoms with Gasteiger partial charge in [0.05, 0.1) is 5.69 Å². The van der Waals surface area contributed by atoms with Gasteiger partial charge in [0.25, 0.3) is 5.91 Å². The molecule has 0 aliphatic rings. The van der Waals surface area contributed by atoms with Gasteiger partial charge in [-0.3, -0.25) is 9.59 Å². The van der Waals surface area contributed by atoms with Gasteiger partial charge >= 0.3 is 0 Å². The van der Waals surface area contributed by atoms with Crippen LogP contribution in [0.3, 0.4) is 0 Å². The summed E-state index contributed by atoms with van der Waals surface area (Å²) < 4.78 is 31.8. The molecule has 0 unspecified atom stereocenters. The van der Waals surface area contributed by atoms with Gasteiger partial charge < -0.3 is 10.1 Å². The van der Waals surface area contributed by atoms with Crippen LogP contribution in [0.4, 0.5) is 14.5 Å². The summed E-state index contributed by atoms with van der Waals surface area (Å²) in [5, 5.41) is 2.32. The molecule has 0 aliphatic heterocycles. The molecule has 0 saturated carbocycles. The second-order valence-corrected chi connectivity index (χ2v) is 4.96. The number of hydrogen-bond acceptors (Lipinski definition) is 3. The van der Waals surface area contributed by atoms with Crippen molar-refractivity contribution in [3.63, 3.8) is 0 Å². The van der Waals surface area contributed by atoms with Gasteiger partial charge in [0.1, 0.15) is 17.4 Å². The number of carbonyl (C=O) groups excluding carboxylic acids is 2. The van der Waals surface area contributed by atoms with Gasteiger partial charge in [-0.25, -0.2) is 8.78 Å². The number of rotatable bonds is 5. The van der Waals surface area contributed by atoms with E-state index in [9.17, 15) is 18.4 Å². The van der Waals surface area contributed by atoms with Crippen LogP contribution in [0, 0.1) is 11.6 Å². The average molecular weight is 319 g/mol. The van der Waals surface area contributed by atoms with E-state index in [4.69, 9.17) is 4.74 Å². The van der Waals surface area contributed by atoms with E-state index in [1.807, 2.05) is 0 Å². The number of hydrogen-bond donors (Lipinski definition) is 1. The van der Waals surface area contributed by atoms with E-state index in [-0.39, 0.29) is 11.5 Å². The highest BCUT2D eigenvalue weighted by Crippen LogP contribution is 2.18. The number of carbonyl (C=O) groups is 2. The molecule has 1 N–H and O–H groups in total. The van der Waals surface area contributed by atoms with Gasteiger partial charge in [0, 0.05) is 11.6 Å². The maximum Gasteiger partial charge on any atom is 0.265 e. The summed E-state index contributed by atoms with van der Waals surface area (Å²) in [5.41, 5.74) is 0.323. The summed E-state index contributed by atoms with van der Waals surface area (Å²) in [6.07, 6.45) is -0.929. The normalized spacial score (nSPS) is 11.7. The molecule has 0 heterocycles. The van der Waals surface area contributed by atoms with E-state index in [0.717, 1.165) is 12.1 Å². The molecule has 0 spiro atoms. The van der Waals surface area contributed by atoms with E-state index >= 15 is 0 Å². The highest BCUT2D eigenvalue weighted by Gasteiger charge is 2.17. The van der Waals surface area contributed by atoms with Crippen molar-refractivity contribution >= 4 is 17.4 Å². The summed E-state index contributed by atoms with van der Waals surface area (Å²) in [4.78, 5) is 23.3. The van der Waals surface area contributed by atoms with Crippen LogP contribution in [0.1, 0.15) is 24.2 Å². The largest absolute Gasteiger partial charge is 0.481 e. The first-order valence-corrected chi connectivity index (χ1v) is 6.90. The summed E-state index contributed by atoms with van der Waals surface area (Å²) in [6, 6.07) is 9.24. The van der Waals surface area contributed by atoms with Gasteiger partial charge in [-0.2, -0.15) is 0 Å². The van der Waals surface area contributed by atoms with Gasteiger partial charge in [0.15, 0.2) is 11.9 Å². The second kappa shape index (κ2) is 7.00. The predicted molar refractivity (Wildman–Crippen MR) is 81.5 cm³/mol. The van der Waals surface area contributed by atoms with Crippen LogP contribution < -0.4 is 10.1 Å². The molecule has 4 nitrogen and oxygen atoms in total. The first-order chi connectivity index (χ1) is 10.9. The number of ether oxygens (including phenoxy) is 1. The second-order valence-electron chi connectivity index (χ2n) is 4.96. The van der Waals surface area contributed by atoms with Crippen molar-refractivity contribution < 1.29 is 23.1 Å². The summed E-state index contributed by atoms with van der Waals surface area (Å²) in [7, 11) is 0. The lowest BCUT2D eigenvalue weighted by Gasteiger charge is -2.15. The van der Waals surface area contributed by atoms with Crippen molar-refractivity contribution in [2.75, 3.05) is 5.32 Å².